The summed E-state index contributed by atoms with van der Waals surface area (Å²) in [5, 5.41) is 11.1. The molecule has 0 rings (SSSR count). The van der Waals surface area contributed by atoms with Gasteiger partial charge in [-0.05, 0) is 32.2 Å². The van der Waals surface area contributed by atoms with Crippen LogP contribution in [0.3, 0.4) is 0 Å². The summed E-state index contributed by atoms with van der Waals surface area (Å²) in [7, 11) is 3.71. The first-order valence-electron chi connectivity index (χ1n) is 10.5. The van der Waals surface area contributed by atoms with Gasteiger partial charge in [-0.1, -0.05) is 18.5 Å². The Bertz CT molecular complexity index is 330. The van der Waals surface area contributed by atoms with E-state index in [1.807, 2.05) is 21.0 Å². The van der Waals surface area contributed by atoms with Crippen LogP contribution >= 0.6 is 23.2 Å². The van der Waals surface area contributed by atoms with Gasteiger partial charge in [-0.2, -0.15) is 11.0 Å². The molecule has 210 valence electrons. The minimum atomic E-state index is -0.527. The Morgan fingerprint density at radius 1 is 0.794 bits per heavy atom. The summed E-state index contributed by atoms with van der Waals surface area (Å²) in [6.07, 6.45) is 0. The Morgan fingerprint density at radius 3 is 1.74 bits per heavy atom. The number of carbonyl (C=O) groups is 1. The molecular weight excluding hydrogens is 497 g/mol. The maximum atomic E-state index is 9.78. The topological polar surface area (TPSA) is 213 Å². The molecule has 0 fully saturated rings. The molecule has 17 heteroatoms. The van der Waals surface area contributed by atoms with E-state index in [1.54, 1.807) is 0 Å². The number of ether oxygens (including phenoxy) is 3. The van der Waals surface area contributed by atoms with Crippen LogP contribution in [0.15, 0.2) is 0 Å². The predicted octanol–water partition coefficient (Wildman–Crippen LogP) is -2.74. The molecule has 34 heavy (non-hydrogen) atoms. The summed E-state index contributed by atoms with van der Waals surface area (Å²) < 4.78 is 14.6. The number of hydrogen-bond acceptors (Lipinski definition) is 15. The SMILES string of the molecule is CCN.CNCNCOCCONCNC.NCNCOCCONCN.O=C(Cl)COCCl. The highest BCUT2D eigenvalue weighted by molar-refractivity contribution is 6.63. The predicted molar refractivity (Wildman–Crippen MR) is 134 cm³/mol. The van der Waals surface area contributed by atoms with Gasteiger partial charge in [0.1, 0.15) is 12.7 Å². The number of halogens is 2. The fraction of sp³-hybridized carbons (Fsp3) is 0.941. The van der Waals surface area contributed by atoms with Gasteiger partial charge in [0.05, 0.1) is 53.2 Å². The number of hydrogen-bond donors (Lipinski definition) is 9. The smallest absolute Gasteiger partial charge is 0.247 e. The van der Waals surface area contributed by atoms with E-state index in [0.29, 0.717) is 59.9 Å². The summed E-state index contributed by atoms with van der Waals surface area (Å²) in [5.41, 5.74) is 20.3. The molecule has 0 aliphatic carbocycles. The number of rotatable bonds is 21. The van der Waals surface area contributed by atoms with Gasteiger partial charge in [-0.15, -0.1) is 0 Å². The zero-order chi connectivity index (χ0) is 26.5. The second kappa shape index (κ2) is 46.1. The maximum absolute atomic E-state index is 9.78. The quantitative estimate of drug-likeness (QED) is 0.0236. The molecular formula is C17H47Cl2N9O6. The first-order chi connectivity index (χ1) is 16.5. The van der Waals surface area contributed by atoms with Crippen LogP contribution in [-0.4, -0.2) is 105 Å². The van der Waals surface area contributed by atoms with Crippen molar-refractivity contribution in [2.75, 3.05) is 99.9 Å². The van der Waals surface area contributed by atoms with Crippen molar-refractivity contribution in [2.45, 2.75) is 6.92 Å². The van der Waals surface area contributed by atoms with Crippen LogP contribution in [0.4, 0.5) is 0 Å². The van der Waals surface area contributed by atoms with Crippen molar-refractivity contribution < 1.29 is 28.7 Å². The normalized spacial score (nSPS) is 9.76. The minimum absolute atomic E-state index is 0.0124. The van der Waals surface area contributed by atoms with E-state index >= 15 is 0 Å². The van der Waals surface area contributed by atoms with Crippen molar-refractivity contribution in [1.82, 2.24) is 32.2 Å². The number of alkyl halides is 1. The van der Waals surface area contributed by atoms with Crippen LogP contribution in [0.1, 0.15) is 6.92 Å². The minimum Gasteiger partial charge on any atom is -0.364 e. The maximum Gasteiger partial charge on any atom is 0.247 e. The Labute approximate surface area is 213 Å². The molecule has 0 radical (unpaired) electrons. The van der Waals surface area contributed by atoms with E-state index in [4.69, 9.17) is 59.6 Å². The number of hydroxylamine groups is 2. The molecule has 15 nitrogen and oxygen atoms in total. The molecule has 0 amide bonds. The van der Waals surface area contributed by atoms with E-state index in [9.17, 15) is 4.79 Å². The third kappa shape index (κ3) is 63.4. The molecule has 0 spiro atoms. The van der Waals surface area contributed by atoms with E-state index in [0.717, 1.165) is 13.2 Å². The lowest BCUT2D eigenvalue weighted by atomic mass is 10.8. The van der Waals surface area contributed by atoms with Crippen LogP contribution < -0.4 is 49.4 Å². The van der Waals surface area contributed by atoms with Gasteiger partial charge in [0, 0.05) is 13.3 Å². The van der Waals surface area contributed by atoms with E-state index in [-0.39, 0.29) is 12.7 Å². The van der Waals surface area contributed by atoms with E-state index in [1.165, 1.54) is 0 Å². The Balaban J connectivity index is -0.000000194. The summed E-state index contributed by atoms with van der Waals surface area (Å²) in [4.78, 5) is 19.6. The fourth-order valence-corrected chi connectivity index (χ4v) is 1.32. The van der Waals surface area contributed by atoms with E-state index < -0.39 is 5.24 Å². The molecule has 0 aromatic carbocycles. The molecule has 0 bridgehead atoms. The molecule has 0 aromatic rings. The number of nitrogens with two attached hydrogens (primary N) is 3. The summed E-state index contributed by atoms with van der Waals surface area (Å²) in [6, 6.07) is 0.0124. The van der Waals surface area contributed by atoms with Crippen molar-refractivity contribution >= 4 is 28.4 Å². The van der Waals surface area contributed by atoms with Crippen LogP contribution in [0.5, 0.6) is 0 Å². The highest BCUT2D eigenvalue weighted by Crippen LogP contribution is 1.83. The van der Waals surface area contributed by atoms with Gasteiger partial charge in [0.15, 0.2) is 0 Å². The standard InChI is InChI=1S/C7H20N4O2.C5H16N4O2.C3H4Cl2O2.C2H7N/c1-8-5-10-7-12-3-4-13-11-6-9-2;6-3-8-5-10-1-2-11-9-4-7;4-2-7-1-3(5)6;1-2-3/h8-11H,3-7H2,1-2H3;8-9H,1-7H2;1-2H2;2-3H2,1H3. The fourth-order valence-electron chi connectivity index (χ4n) is 1.17. The van der Waals surface area contributed by atoms with Gasteiger partial charge < -0.3 is 42.0 Å². The van der Waals surface area contributed by atoms with Gasteiger partial charge in [0.2, 0.25) is 5.24 Å². The van der Waals surface area contributed by atoms with Crippen molar-refractivity contribution in [2.24, 2.45) is 17.2 Å². The molecule has 0 aliphatic rings. The van der Waals surface area contributed by atoms with Gasteiger partial charge in [-0.25, -0.2) is 0 Å². The molecule has 0 saturated carbocycles. The third-order valence-electron chi connectivity index (χ3n) is 2.34. The molecule has 12 N–H and O–H groups in total. The molecule has 0 saturated heterocycles. The second-order valence-electron chi connectivity index (χ2n) is 5.28. The Kier molecular flexibility index (Phi) is 55.4. The second-order valence-corrected chi connectivity index (χ2v) is 5.92. The average Bonchev–Trinajstić information content (AvgIpc) is 2.82. The molecule has 0 aliphatic heterocycles. The Hall–Kier alpha value is -0.310. The molecule has 0 unspecified atom stereocenters. The lowest BCUT2D eigenvalue weighted by Crippen LogP contribution is -2.30. The summed E-state index contributed by atoms with van der Waals surface area (Å²) >= 11 is 9.85. The van der Waals surface area contributed by atoms with Crippen molar-refractivity contribution in [3.63, 3.8) is 0 Å². The lowest BCUT2D eigenvalue weighted by Gasteiger charge is -2.06. The van der Waals surface area contributed by atoms with Crippen LogP contribution in [0.25, 0.3) is 0 Å². The zero-order valence-electron chi connectivity index (χ0n) is 20.6. The zero-order valence-corrected chi connectivity index (χ0v) is 22.1. The Morgan fingerprint density at radius 2 is 1.32 bits per heavy atom. The van der Waals surface area contributed by atoms with Crippen molar-refractivity contribution in [1.29, 1.82) is 0 Å². The van der Waals surface area contributed by atoms with Crippen LogP contribution in [-0.2, 0) is 28.7 Å². The van der Waals surface area contributed by atoms with E-state index in [2.05, 4.69) is 37.0 Å². The summed E-state index contributed by atoms with van der Waals surface area (Å²) in [5.74, 6) is 0. The van der Waals surface area contributed by atoms with Crippen molar-refractivity contribution in [3.05, 3.63) is 0 Å². The first kappa shape index (κ1) is 40.8. The molecule has 0 aromatic heterocycles. The van der Waals surface area contributed by atoms with Gasteiger partial charge in [0.25, 0.3) is 0 Å². The molecule has 0 heterocycles. The highest BCUT2D eigenvalue weighted by Gasteiger charge is 1.91. The monoisotopic (exact) mass is 543 g/mol. The first-order valence-corrected chi connectivity index (χ1v) is 11.4. The number of nitrogens with one attached hydrogen (secondary N) is 6. The highest BCUT2D eigenvalue weighted by atomic mass is 35.5. The number of carbonyl (C=O) groups excluding carboxylic acids is 1. The van der Waals surface area contributed by atoms with Crippen LogP contribution in [0, 0.1) is 0 Å². The third-order valence-corrected chi connectivity index (χ3v) is 2.61. The van der Waals surface area contributed by atoms with Crippen LogP contribution in [0.2, 0.25) is 0 Å². The van der Waals surface area contributed by atoms with Crippen molar-refractivity contribution in [3.8, 4) is 0 Å². The molecule has 0 atom stereocenters. The summed E-state index contributed by atoms with van der Waals surface area (Å²) in [6.45, 7) is 7.75. The lowest BCUT2D eigenvalue weighted by molar-refractivity contribution is -0.115. The largest absolute Gasteiger partial charge is 0.364 e. The average molecular weight is 545 g/mol. The van der Waals surface area contributed by atoms with Gasteiger partial charge >= 0.3 is 0 Å². The van der Waals surface area contributed by atoms with Gasteiger partial charge in [-0.3, -0.25) is 25.1 Å².